The predicted molar refractivity (Wildman–Crippen MR) is 118 cm³/mol. The number of carbonyl (C=O) groups is 2. The Morgan fingerprint density at radius 3 is 2.90 bits per heavy atom. The number of anilines is 1. The normalized spacial score (nSPS) is 10.6. The summed E-state index contributed by atoms with van der Waals surface area (Å²) in [4.78, 5) is 32.2. The Morgan fingerprint density at radius 1 is 1.19 bits per heavy atom. The molecule has 1 aromatic carbocycles. The van der Waals surface area contributed by atoms with E-state index in [0.717, 1.165) is 5.69 Å². The van der Waals surface area contributed by atoms with Crippen LogP contribution < -0.4 is 15.4 Å². The number of carbonyl (C=O) groups excluding carboxylic acids is 2. The zero-order valence-corrected chi connectivity index (χ0v) is 18.1. The molecule has 0 aliphatic heterocycles. The van der Waals surface area contributed by atoms with Crippen LogP contribution >= 0.6 is 22.7 Å². The average Bonchev–Trinajstić information content (AvgIpc) is 3.52. The van der Waals surface area contributed by atoms with E-state index in [1.807, 2.05) is 5.38 Å². The average molecular weight is 455 g/mol. The molecule has 0 aliphatic carbocycles. The highest BCUT2D eigenvalue weighted by Gasteiger charge is 2.13. The SMILES string of the molecule is CC(=O)NCc1ccc(-c2csc(NC(=O)c3cccc(OCc4cscn4)c3)n2)o1. The lowest BCUT2D eigenvalue weighted by atomic mass is 10.2. The molecule has 0 bridgehead atoms. The lowest BCUT2D eigenvalue weighted by Crippen LogP contribution is -2.18. The summed E-state index contributed by atoms with van der Waals surface area (Å²) in [5.41, 5.74) is 3.66. The van der Waals surface area contributed by atoms with Crippen molar-refractivity contribution in [2.75, 3.05) is 5.32 Å². The van der Waals surface area contributed by atoms with Crippen molar-refractivity contribution >= 4 is 39.6 Å². The third-order valence-corrected chi connectivity index (χ3v) is 5.51. The van der Waals surface area contributed by atoms with Gasteiger partial charge in [-0.3, -0.25) is 14.9 Å². The summed E-state index contributed by atoms with van der Waals surface area (Å²) in [6.07, 6.45) is 0. The van der Waals surface area contributed by atoms with Crippen molar-refractivity contribution in [3.8, 4) is 17.2 Å². The van der Waals surface area contributed by atoms with Crippen molar-refractivity contribution in [3.63, 3.8) is 0 Å². The highest BCUT2D eigenvalue weighted by molar-refractivity contribution is 7.14. The van der Waals surface area contributed by atoms with E-state index >= 15 is 0 Å². The van der Waals surface area contributed by atoms with Crippen molar-refractivity contribution < 1.29 is 18.7 Å². The second kappa shape index (κ2) is 9.54. The van der Waals surface area contributed by atoms with Gasteiger partial charge < -0.3 is 14.5 Å². The molecule has 0 radical (unpaired) electrons. The third-order valence-electron chi connectivity index (χ3n) is 4.12. The number of hydrogen-bond acceptors (Lipinski definition) is 8. The third kappa shape index (κ3) is 5.56. The molecule has 10 heteroatoms. The summed E-state index contributed by atoms with van der Waals surface area (Å²) in [6.45, 7) is 2.10. The number of benzene rings is 1. The largest absolute Gasteiger partial charge is 0.487 e. The van der Waals surface area contributed by atoms with Crippen LogP contribution in [-0.2, 0) is 17.9 Å². The van der Waals surface area contributed by atoms with Gasteiger partial charge in [-0.25, -0.2) is 9.97 Å². The molecule has 8 nitrogen and oxygen atoms in total. The van der Waals surface area contributed by atoms with Crippen molar-refractivity contribution in [1.82, 2.24) is 15.3 Å². The first kappa shape index (κ1) is 20.8. The first-order valence-corrected chi connectivity index (χ1v) is 11.1. The van der Waals surface area contributed by atoms with E-state index in [2.05, 4.69) is 20.6 Å². The minimum absolute atomic E-state index is 0.130. The van der Waals surface area contributed by atoms with Crippen LogP contribution in [0.5, 0.6) is 5.75 Å². The smallest absolute Gasteiger partial charge is 0.257 e. The van der Waals surface area contributed by atoms with E-state index < -0.39 is 0 Å². The van der Waals surface area contributed by atoms with Gasteiger partial charge in [0.15, 0.2) is 10.9 Å². The van der Waals surface area contributed by atoms with Crippen LogP contribution in [0, 0.1) is 0 Å². The highest BCUT2D eigenvalue weighted by Crippen LogP contribution is 2.27. The molecule has 4 rings (SSSR count). The maximum Gasteiger partial charge on any atom is 0.257 e. The van der Waals surface area contributed by atoms with Gasteiger partial charge in [0, 0.05) is 23.2 Å². The maximum atomic E-state index is 12.6. The molecule has 158 valence electrons. The van der Waals surface area contributed by atoms with Gasteiger partial charge in [0.2, 0.25) is 5.91 Å². The van der Waals surface area contributed by atoms with Crippen LogP contribution in [0.3, 0.4) is 0 Å². The standard InChI is InChI=1S/C21H18N4O4S2/c1-13(26)22-8-17-5-6-19(29-17)18-11-31-21(24-18)25-20(27)14-3-2-4-16(7-14)28-9-15-10-30-12-23-15/h2-7,10-12H,8-9H2,1H3,(H,22,26)(H,24,25,27). The summed E-state index contributed by atoms with van der Waals surface area (Å²) in [5.74, 6) is 1.36. The molecule has 0 saturated heterocycles. The van der Waals surface area contributed by atoms with E-state index in [1.54, 1.807) is 47.3 Å². The number of rotatable bonds is 8. The Hall–Kier alpha value is -3.50. The number of amides is 2. The van der Waals surface area contributed by atoms with Crippen molar-refractivity contribution in [1.29, 1.82) is 0 Å². The Bertz CT molecular complexity index is 1180. The quantitative estimate of drug-likeness (QED) is 0.411. The summed E-state index contributed by atoms with van der Waals surface area (Å²) < 4.78 is 11.4. The van der Waals surface area contributed by atoms with Crippen molar-refractivity contribution in [3.05, 3.63) is 69.7 Å². The molecule has 4 aromatic rings. The van der Waals surface area contributed by atoms with Crippen LogP contribution in [-0.4, -0.2) is 21.8 Å². The fourth-order valence-corrected chi connectivity index (χ4v) is 3.87. The van der Waals surface area contributed by atoms with E-state index in [9.17, 15) is 9.59 Å². The topological polar surface area (TPSA) is 106 Å². The molecule has 0 aliphatic rings. The van der Waals surface area contributed by atoms with E-state index in [1.165, 1.54) is 29.6 Å². The lowest BCUT2D eigenvalue weighted by molar-refractivity contribution is -0.119. The van der Waals surface area contributed by atoms with Crippen molar-refractivity contribution in [2.45, 2.75) is 20.1 Å². The first-order chi connectivity index (χ1) is 15.1. The molecule has 0 fully saturated rings. The van der Waals surface area contributed by atoms with Gasteiger partial charge in [-0.05, 0) is 30.3 Å². The molecule has 3 aromatic heterocycles. The lowest BCUT2D eigenvalue weighted by Gasteiger charge is -2.06. The molecular weight excluding hydrogens is 436 g/mol. The van der Waals surface area contributed by atoms with E-state index in [0.29, 0.717) is 46.8 Å². The van der Waals surface area contributed by atoms with Crippen LogP contribution in [0.15, 0.2) is 57.1 Å². The zero-order chi connectivity index (χ0) is 21.6. The van der Waals surface area contributed by atoms with Gasteiger partial charge in [-0.1, -0.05) is 6.07 Å². The van der Waals surface area contributed by atoms with Gasteiger partial charge in [0.25, 0.3) is 5.91 Å². The van der Waals surface area contributed by atoms with Crippen molar-refractivity contribution in [2.24, 2.45) is 0 Å². The molecule has 2 amide bonds. The minimum Gasteiger partial charge on any atom is -0.487 e. The fourth-order valence-electron chi connectivity index (χ4n) is 2.63. The van der Waals surface area contributed by atoms with Crippen LogP contribution in [0.1, 0.15) is 28.7 Å². The predicted octanol–water partition coefficient (Wildman–Crippen LogP) is 4.33. The molecular formula is C21H18N4O4S2. The first-order valence-electron chi connectivity index (χ1n) is 9.27. The molecule has 3 heterocycles. The second-order valence-corrected chi connectivity index (χ2v) is 8.04. The van der Waals surface area contributed by atoms with Gasteiger partial charge in [-0.2, -0.15) is 0 Å². The highest BCUT2D eigenvalue weighted by atomic mass is 32.1. The van der Waals surface area contributed by atoms with E-state index in [4.69, 9.17) is 9.15 Å². The number of thiazole rings is 2. The number of ether oxygens (including phenoxy) is 1. The summed E-state index contributed by atoms with van der Waals surface area (Å²) in [7, 11) is 0. The number of aromatic nitrogens is 2. The van der Waals surface area contributed by atoms with Gasteiger partial charge >= 0.3 is 0 Å². The van der Waals surface area contributed by atoms with Crippen LogP contribution in [0.25, 0.3) is 11.5 Å². The molecule has 0 saturated carbocycles. The molecule has 2 N–H and O–H groups in total. The van der Waals surface area contributed by atoms with Crippen LogP contribution in [0.2, 0.25) is 0 Å². The maximum absolute atomic E-state index is 12.6. The zero-order valence-electron chi connectivity index (χ0n) is 16.5. The number of furan rings is 1. The second-order valence-electron chi connectivity index (χ2n) is 6.46. The summed E-state index contributed by atoms with van der Waals surface area (Å²) in [5, 5.41) is 9.64. The Kier molecular flexibility index (Phi) is 6.39. The van der Waals surface area contributed by atoms with Gasteiger partial charge in [0.05, 0.1) is 17.7 Å². The van der Waals surface area contributed by atoms with E-state index in [-0.39, 0.29) is 11.8 Å². The Morgan fingerprint density at radius 2 is 2.10 bits per heavy atom. The molecule has 0 spiro atoms. The fraction of sp³-hybridized carbons (Fsp3) is 0.143. The van der Waals surface area contributed by atoms with Gasteiger partial charge in [-0.15, -0.1) is 22.7 Å². The number of nitrogens with one attached hydrogen (secondary N) is 2. The number of nitrogens with zero attached hydrogens (tertiary/aromatic N) is 2. The number of hydrogen-bond donors (Lipinski definition) is 2. The molecule has 0 atom stereocenters. The molecule has 0 unspecified atom stereocenters. The monoisotopic (exact) mass is 454 g/mol. The van der Waals surface area contributed by atoms with Gasteiger partial charge in [0.1, 0.15) is 23.8 Å². The van der Waals surface area contributed by atoms with Crippen LogP contribution in [0.4, 0.5) is 5.13 Å². The Labute approximate surface area is 185 Å². The summed E-state index contributed by atoms with van der Waals surface area (Å²) in [6, 6.07) is 10.5. The Balaban J connectivity index is 1.37. The molecule has 31 heavy (non-hydrogen) atoms. The summed E-state index contributed by atoms with van der Waals surface area (Å²) >= 11 is 2.80. The minimum atomic E-state index is -0.286.